The van der Waals surface area contributed by atoms with Gasteiger partial charge in [0.1, 0.15) is 0 Å². The smallest absolute Gasteiger partial charge is 0.668 e. The van der Waals surface area contributed by atoms with Gasteiger partial charge in [-0.25, -0.2) is 0 Å². The molecule has 0 saturated carbocycles. The van der Waals surface area contributed by atoms with E-state index in [4.69, 9.17) is 0 Å². The second-order valence-electron chi connectivity index (χ2n) is 6.01. The predicted molar refractivity (Wildman–Crippen MR) is 113 cm³/mol. The molecule has 6 heteroatoms. The zero-order valence-corrected chi connectivity index (χ0v) is 22.2. The first-order chi connectivity index (χ1) is 10.5. The van der Waals surface area contributed by atoms with E-state index in [9.17, 15) is 0 Å². The summed E-state index contributed by atoms with van der Waals surface area (Å²) >= 11 is 0. The number of rotatable bonds is 4. The molecule has 0 fully saturated rings. The minimum atomic E-state index is 0. The minimum absolute atomic E-state index is 0. The van der Waals surface area contributed by atoms with E-state index < -0.39 is 0 Å². The van der Waals surface area contributed by atoms with E-state index >= 15 is 0 Å². The van der Waals surface area contributed by atoms with Crippen LogP contribution >= 0.6 is 0 Å². The molecule has 0 unspecified atom stereocenters. The maximum Gasteiger partial charge on any atom is 5.00 e. The van der Waals surface area contributed by atoms with Crippen LogP contribution in [0, 0.1) is 0 Å². The summed E-state index contributed by atoms with van der Waals surface area (Å²) in [6, 6.07) is 2.00. The summed E-state index contributed by atoms with van der Waals surface area (Å²) in [4.78, 5) is 0. The van der Waals surface area contributed by atoms with Gasteiger partial charge < -0.3 is 26.6 Å². The molecule has 0 aliphatic heterocycles. The van der Waals surface area contributed by atoms with Gasteiger partial charge in [-0.15, -0.1) is 24.2 Å². The summed E-state index contributed by atoms with van der Waals surface area (Å²) in [6.07, 6.45) is 0. The normalized spacial score (nSPS) is 8.75. The molecular weight excluding hydrogens is 467 g/mol. The summed E-state index contributed by atoms with van der Waals surface area (Å²) in [5.41, 5.74) is 0. The average Bonchev–Trinajstić information content (AvgIpc) is 2.28. The second kappa shape index (κ2) is 38.9. The average molecular weight is 514 g/mol. The molecule has 0 radical (unpaired) electrons. The molecule has 0 N–H and O–H groups in total. The summed E-state index contributed by atoms with van der Waals surface area (Å²) in [5.74, 6) is 0. The molecule has 0 aliphatic carbocycles. The summed E-state index contributed by atoms with van der Waals surface area (Å²) < 4.78 is 0. The zero-order chi connectivity index (χ0) is 19.8. The summed E-state index contributed by atoms with van der Waals surface area (Å²) in [5, 5.41) is 19.1. The zero-order valence-electron chi connectivity index (χ0n) is 19.0. The van der Waals surface area contributed by atoms with Crippen LogP contribution < -0.4 is 0 Å². The van der Waals surface area contributed by atoms with E-state index in [0.717, 1.165) is 0 Å². The van der Waals surface area contributed by atoms with E-state index in [2.05, 4.69) is 82.0 Å². The molecule has 0 saturated heterocycles. The molecule has 148 valence electrons. The van der Waals surface area contributed by atoms with Crippen LogP contribution in [0.2, 0.25) is 0 Å². The van der Waals surface area contributed by atoms with Gasteiger partial charge >= 0.3 is 22.4 Å². The van der Waals surface area contributed by atoms with Crippen LogP contribution in [0.4, 0.5) is 0 Å². The first-order valence-electron chi connectivity index (χ1n) is 8.33. The minimum Gasteiger partial charge on any atom is -0.668 e. The Bertz CT molecular complexity index is 124. The Labute approximate surface area is 170 Å². The van der Waals surface area contributed by atoms with E-state index in [1.54, 1.807) is 42.3 Å². The third-order valence-electron chi connectivity index (χ3n) is 1.19. The van der Waals surface area contributed by atoms with E-state index in [0.29, 0.717) is 24.2 Å². The largest absolute Gasteiger partial charge is 5.00 e. The predicted octanol–water partition coefficient (Wildman–Crippen LogP) is 6.21. The van der Waals surface area contributed by atoms with Crippen molar-refractivity contribution in [3.63, 3.8) is 0 Å². The van der Waals surface area contributed by atoms with Gasteiger partial charge in [-0.3, -0.25) is 0 Å². The number of hydrogen-bond donors (Lipinski definition) is 0. The Balaban J connectivity index is -0.0000000446. The Morgan fingerprint density at radius 2 is 0.458 bits per heavy atom. The van der Waals surface area contributed by atoms with Crippen LogP contribution in [-0.2, 0) is 22.4 Å². The van der Waals surface area contributed by atoms with Crippen molar-refractivity contribution in [1.29, 1.82) is 0 Å². The van der Waals surface area contributed by atoms with Gasteiger partial charge in [-0.2, -0.15) is 42.3 Å². The van der Waals surface area contributed by atoms with Gasteiger partial charge in [0.15, 0.2) is 0 Å². The maximum absolute atomic E-state index is 4.28. The van der Waals surface area contributed by atoms with Gasteiger partial charge in [0, 0.05) is 0 Å². The first kappa shape index (κ1) is 39.6. The molecular formula is C18H46N5Ta. The van der Waals surface area contributed by atoms with Gasteiger partial charge in [0.05, 0.1) is 0 Å². The fraction of sp³-hybridized carbons (Fsp3) is 1.00. The van der Waals surface area contributed by atoms with Crippen LogP contribution in [0.1, 0.15) is 55.4 Å². The molecule has 0 atom stereocenters. The van der Waals surface area contributed by atoms with Crippen LogP contribution in [0.25, 0.3) is 26.6 Å². The summed E-state index contributed by atoms with van der Waals surface area (Å²) in [7, 11) is 10.5. The monoisotopic (exact) mass is 513 g/mol. The van der Waals surface area contributed by atoms with Gasteiger partial charge in [-0.05, 0) is 0 Å². The molecule has 24 heavy (non-hydrogen) atoms. The Kier molecular flexibility index (Phi) is 64.1. The van der Waals surface area contributed by atoms with Crippen molar-refractivity contribution >= 4 is 0 Å². The molecule has 0 aliphatic rings. The number of nitrogens with zero attached hydrogens (tertiary/aromatic N) is 5. The first-order valence-corrected chi connectivity index (χ1v) is 8.33. The SMILES string of the molecule is CC(C)[N-]C(C)C.CC(C)[N-]C(C)C.C[N-]C.C[N-]C.C[N-]C.[Ta+5]. The Hall–Kier alpha value is 0.540. The molecule has 0 bridgehead atoms. The van der Waals surface area contributed by atoms with E-state index in [1.807, 2.05) is 0 Å². The molecule has 0 spiro atoms. The Morgan fingerprint density at radius 3 is 0.458 bits per heavy atom. The summed E-state index contributed by atoms with van der Waals surface area (Å²) in [6.45, 7) is 16.8. The molecule has 5 nitrogen and oxygen atoms in total. The third kappa shape index (κ3) is 143. The second-order valence-corrected chi connectivity index (χ2v) is 6.01. The molecule has 0 aromatic heterocycles. The van der Waals surface area contributed by atoms with Crippen molar-refractivity contribution in [2.45, 2.75) is 79.6 Å². The van der Waals surface area contributed by atoms with Gasteiger partial charge in [0.25, 0.3) is 0 Å². The number of hydrogen-bond acceptors (Lipinski definition) is 0. The van der Waals surface area contributed by atoms with Crippen molar-refractivity contribution in [2.75, 3.05) is 42.3 Å². The van der Waals surface area contributed by atoms with Crippen LogP contribution in [0.15, 0.2) is 0 Å². The van der Waals surface area contributed by atoms with Crippen molar-refractivity contribution in [3.8, 4) is 0 Å². The quantitative estimate of drug-likeness (QED) is 0.429. The van der Waals surface area contributed by atoms with E-state index in [1.165, 1.54) is 0 Å². The van der Waals surface area contributed by atoms with Crippen molar-refractivity contribution in [3.05, 3.63) is 26.6 Å². The molecule has 0 aromatic carbocycles. The van der Waals surface area contributed by atoms with Crippen molar-refractivity contribution in [1.82, 2.24) is 0 Å². The van der Waals surface area contributed by atoms with E-state index in [-0.39, 0.29) is 22.4 Å². The van der Waals surface area contributed by atoms with Crippen molar-refractivity contribution < 1.29 is 22.4 Å². The Morgan fingerprint density at radius 1 is 0.375 bits per heavy atom. The van der Waals surface area contributed by atoms with Crippen LogP contribution in [-0.4, -0.2) is 66.5 Å². The molecule has 0 heterocycles. The third-order valence-corrected chi connectivity index (χ3v) is 1.19. The standard InChI is InChI=1S/2C6H14N.3C2H6N.Ta/c2*1-5(2)7-6(3)4;3*1-3-2;/h2*5-6H,1-4H3;3*1-2H3;/q5*-1;+5. The molecule has 0 aromatic rings. The maximum atomic E-state index is 4.28. The van der Waals surface area contributed by atoms with Crippen molar-refractivity contribution in [2.24, 2.45) is 0 Å². The van der Waals surface area contributed by atoms with Crippen LogP contribution in [0.5, 0.6) is 0 Å². The fourth-order valence-corrected chi connectivity index (χ4v) is 1.19. The van der Waals surface area contributed by atoms with Crippen LogP contribution in [0.3, 0.4) is 0 Å². The topological polar surface area (TPSA) is 70.5 Å². The molecule has 0 amide bonds. The fourth-order valence-electron chi connectivity index (χ4n) is 1.19. The van der Waals surface area contributed by atoms with Gasteiger partial charge in [0.2, 0.25) is 0 Å². The molecule has 0 rings (SSSR count). The van der Waals surface area contributed by atoms with Gasteiger partial charge in [-0.1, -0.05) is 55.4 Å².